The lowest BCUT2D eigenvalue weighted by molar-refractivity contribution is 0.102. The average Bonchev–Trinajstić information content (AvgIpc) is 2.92. The van der Waals surface area contributed by atoms with Crippen molar-refractivity contribution in [1.82, 2.24) is 15.0 Å². The van der Waals surface area contributed by atoms with Gasteiger partial charge in [-0.25, -0.2) is 9.97 Å². The summed E-state index contributed by atoms with van der Waals surface area (Å²) < 4.78 is 6.96. The fraction of sp³-hybridized carbons (Fsp3) is 0.214. The molecule has 0 fully saturated rings. The largest absolute Gasteiger partial charge is 0.499 e. The van der Waals surface area contributed by atoms with Gasteiger partial charge in [0.1, 0.15) is 21.1 Å². The molecule has 8 heteroatoms. The Morgan fingerprint density at radius 1 is 1.41 bits per heavy atom. The number of nitrogens with one attached hydrogen (secondary N) is 2. The van der Waals surface area contributed by atoms with Gasteiger partial charge in [0, 0.05) is 22.7 Å². The van der Waals surface area contributed by atoms with Gasteiger partial charge < -0.3 is 9.72 Å². The molecule has 0 unspecified atom stereocenters. The number of aromatic nitrogens is 3. The molecule has 0 atom stereocenters. The van der Waals surface area contributed by atoms with Crippen molar-refractivity contribution in [1.29, 1.82) is 0 Å². The van der Waals surface area contributed by atoms with Crippen LogP contribution in [0.5, 0.6) is 0 Å². The van der Waals surface area contributed by atoms with Gasteiger partial charge in [-0.15, -0.1) is 0 Å². The fourth-order valence-corrected chi connectivity index (χ4v) is 3.07. The Bertz CT molecular complexity index is 860. The highest BCUT2D eigenvalue weighted by atomic mass is 79.9. The molecule has 1 amide bonds. The first-order chi connectivity index (χ1) is 10.6. The molecule has 0 spiro atoms. The number of anilines is 1. The summed E-state index contributed by atoms with van der Waals surface area (Å²) in [7, 11) is 1.63. The molecular formula is C14H12Br2N4O2. The van der Waals surface area contributed by atoms with Crippen LogP contribution in [0.25, 0.3) is 10.2 Å². The highest BCUT2D eigenvalue weighted by Gasteiger charge is 2.15. The van der Waals surface area contributed by atoms with Crippen molar-refractivity contribution in [2.24, 2.45) is 0 Å². The van der Waals surface area contributed by atoms with Crippen LogP contribution >= 0.6 is 31.9 Å². The van der Waals surface area contributed by atoms with Crippen molar-refractivity contribution in [3.63, 3.8) is 0 Å². The average molecular weight is 428 g/mol. The number of halogens is 2. The monoisotopic (exact) mass is 426 g/mol. The summed E-state index contributed by atoms with van der Waals surface area (Å²) in [6, 6.07) is 3.28. The number of rotatable bonds is 3. The molecule has 2 heterocycles. The first-order valence-corrected chi connectivity index (χ1v) is 8.12. The van der Waals surface area contributed by atoms with Crippen LogP contribution in [-0.4, -0.2) is 28.0 Å². The summed E-state index contributed by atoms with van der Waals surface area (Å²) in [5.41, 5.74) is 0.496. The molecule has 0 saturated heterocycles. The number of nitrogens with zero attached hydrogens (tertiary/aromatic N) is 2. The van der Waals surface area contributed by atoms with Crippen LogP contribution in [0.4, 0.5) is 5.95 Å². The summed E-state index contributed by atoms with van der Waals surface area (Å²) in [6.07, 6.45) is 3.18. The summed E-state index contributed by atoms with van der Waals surface area (Å²) in [5.74, 6) is 0.957. The number of amides is 1. The third kappa shape index (κ3) is 2.93. The van der Waals surface area contributed by atoms with Gasteiger partial charge >= 0.3 is 0 Å². The van der Waals surface area contributed by atoms with Gasteiger partial charge in [0.15, 0.2) is 0 Å². The minimum Gasteiger partial charge on any atom is -0.499 e. The number of aromatic amines is 1. The predicted octanol–water partition coefficient (Wildman–Crippen LogP) is 1.87. The van der Waals surface area contributed by atoms with E-state index < -0.39 is 0 Å². The van der Waals surface area contributed by atoms with Gasteiger partial charge in [0.2, 0.25) is 5.95 Å². The van der Waals surface area contributed by atoms with Gasteiger partial charge in [-0.3, -0.25) is 10.1 Å². The molecule has 2 aromatic rings. The zero-order valence-corrected chi connectivity index (χ0v) is 14.8. The summed E-state index contributed by atoms with van der Waals surface area (Å²) in [5, 5.41) is 4.32. The minimum absolute atomic E-state index is 0.260. The Morgan fingerprint density at radius 3 is 2.95 bits per heavy atom. The van der Waals surface area contributed by atoms with Crippen molar-refractivity contribution in [3.05, 3.63) is 39.2 Å². The molecule has 0 aromatic carbocycles. The van der Waals surface area contributed by atoms with Crippen molar-refractivity contribution < 1.29 is 9.53 Å². The molecule has 1 aliphatic rings. The Balaban J connectivity index is 1.95. The molecule has 0 bridgehead atoms. The van der Waals surface area contributed by atoms with E-state index in [2.05, 4.69) is 52.1 Å². The number of carbonyl (C=O) groups is 1. The van der Waals surface area contributed by atoms with Crippen LogP contribution in [0.3, 0.4) is 0 Å². The van der Waals surface area contributed by atoms with E-state index in [1.807, 2.05) is 0 Å². The zero-order chi connectivity index (χ0) is 15.7. The summed E-state index contributed by atoms with van der Waals surface area (Å²) in [6.45, 7) is 0. The van der Waals surface area contributed by atoms with Crippen LogP contribution in [0.1, 0.15) is 23.2 Å². The third-order valence-corrected chi connectivity index (χ3v) is 4.48. The van der Waals surface area contributed by atoms with Gasteiger partial charge in [-0.1, -0.05) is 15.9 Å². The van der Waals surface area contributed by atoms with Crippen molar-refractivity contribution in [2.45, 2.75) is 12.8 Å². The minimum atomic E-state index is -0.260. The van der Waals surface area contributed by atoms with Gasteiger partial charge in [0.25, 0.3) is 5.91 Å². The van der Waals surface area contributed by atoms with Crippen LogP contribution in [-0.2, 0) is 4.74 Å². The second-order valence-corrected chi connectivity index (χ2v) is 6.43. The summed E-state index contributed by atoms with van der Waals surface area (Å²) >= 11 is 6.76. The lowest BCUT2D eigenvalue weighted by Gasteiger charge is -2.08. The second kappa shape index (κ2) is 6.21. The smallest absolute Gasteiger partial charge is 0.258 e. The normalized spacial score (nSPS) is 13.8. The van der Waals surface area contributed by atoms with Gasteiger partial charge in [0.05, 0.1) is 7.11 Å². The number of methoxy groups -OCH3 is 1. The van der Waals surface area contributed by atoms with E-state index >= 15 is 0 Å². The Hall–Kier alpha value is -1.67. The number of carbonyl (C=O) groups excluding carboxylic acids is 1. The maximum absolute atomic E-state index is 12.2. The Kier molecular flexibility index (Phi) is 4.30. The third-order valence-electron chi connectivity index (χ3n) is 3.28. The molecule has 0 aliphatic heterocycles. The topological polar surface area (TPSA) is 79.9 Å². The van der Waals surface area contributed by atoms with E-state index in [-0.39, 0.29) is 5.91 Å². The molecule has 1 aliphatic carbocycles. The number of hydrogen-bond donors (Lipinski definition) is 2. The van der Waals surface area contributed by atoms with Gasteiger partial charge in [-0.05, 0) is 34.5 Å². The van der Waals surface area contributed by atoms with E-state index in [1.165, 1.54) is 0 Å². The molecule has 114 valence electrons. The molecule has 22 heavy (non-hydrogen) atoms. The number of imidazole rings is 1. The van der Waals surface area contributed by atoms with E-state index in [1.54, 1.807) is 25.4 Å². The summed E-state index contributed by atoms with van der Waals surface area (Å²) in [4.78, 5) is 23.7. The Morgan fingerprint density at radius 2 is 2.23 bits per heavy atom. The van der Waals surface area contributed by atoms with Crippen LogP contribution in [0.2, 0.25) is 0 Å². The molecule has 0 saturated carbocycles. The maximum atomic E-state index is 12.2. The molecule has 2 aromatic heterocycles. The molecule has 0 radical (unpaired) electrons. The van der Waals surface area contributed by atoms with E-state index in [0.717, 1.165) is 33.8 Å². The number of hydrogen-bond acceptors (Lipinski definition) is 4. The van der Waals surface area contributed by atoms with Crippen molar-refractivity contribution >= 4 is 54.0 Å². The number of ether oxygens (including phenoxy) is 1. The number of pyridine rings is 1. The first-order valence-electron chi connectivity index (χ1n) is 6.53. The highest BCUT2D eigenvalue weighted by Crippen LogP contribution is 2.19. The lowest BCUT2D eigenvalue weighted by atomic mass is 10.2. The number of fused-ring (bicyclic) bond motifs is 1. The predicted molar refractivity (Wildman–Crippen MR) is 89.7 cm³/mol. The maximum Gasteiger partial charge on any atom is 0.258 e. The van der Waals surface area contributed by atoms with Gasteiger partial charge in [-0.2, -0.15) is 0 Å². The quantitative estimate of drug-likeness (QED) is 0.733. The first kappa shape index (κ1) is 15.2. The van der Waals surface area contributed by atoms with E-state index in [0.29, 0.717) is 16.1 Å². The highest BCUT2D eigenvalue weighted by molar-refractivity contribution is 9.14. The molecule has 6 nitrogen and oxygen atoms in total. The fourth-order valence-electron chi connectivity index (χ4n) is 2.22. The van der Waals surface area contributed by atoms with Crippen molar-refractivity contribution in [3.8, 4) is 0 Å². The van der Waals surface area contributed by atoms with Crippen LogP contribution < -0.4 is 16.0 Å². The van der Waals surface area contributed by atoms with Crippen LogP contribution in [0, 0.1) is 0 Å². The molecule has 2 N–H and O–H groups in total. The molecular weight excluding hydrogens is 416 g/mol. The SMILES string of the molecule is COC1=c2[nH]c(NC(=O)c3ccnc(Br)c3)nc2=C(Br)CC1. The second-order valence-electron chi connectivity index (χ2n) is 4.66. The standard InChI is InChI=1S/C14H12Br2N4O2/c1-22-9-3-2-8(15)11-12(9)19-14(18-11)20-13(21)7-4-5-17-10(16)6-7/h4-6H,2-3H2,1H3,(H2,18,19,20,21). The molecule has 3 rings (SSSR count). The van der Waals surface area contributed by atoms with Crippen molar-refractivity contribution in [2.75, 3.05) is 12.4 Å². The lowest BCUT2D eigenvalue weighted by Crippen LogP contribution is -2.31. The van der Waals surface area contributed by atoms with E-state index in [9.17, 15) is 4.79 Å². The Labute approximate surface area is 143 Å². The van der Waals surface area contributed by atoms with E-state index in [4.69, 9.17) is 4.74 Å². The zero-order valence-electron chi connectivity index (χ0n) is 11.6. The number of H-pyrrole nitrogens is 1. The van der Waals surface area contributed by atoms with Crippen LogP contribution in [0.15, 0.2) is 22.9 Å².